The smallest absolute Gasteiger partial charge is 0.122 e. The lowest BCUT2D eigenvalue weighted by molar-refractivity contribution is 0.213. The molecule has 0 aliphatic heterocycles. The highest BCUT2D eigenvalue weighted by Crippen LogP contribution is 2.29. The van der Waals surface area contributed by atoms with Crippen LogP contribution in [0.2, 0.25) is 0 Å². The van der Waals surface area contributed by atoms with Gasteiger partial charge in [0.2, 0.25) is 0 Å². The average Bonchev–Trinajstić information content (AvgIpc) is 2.45. The van der Waals surface area contributed by atoms with Gasteiger partial charge in [-0.25, -0.2) is 0 Å². The molecule has 0 saturated heterocycles. The molecule has 1 saturated carbocycles. The highest BCUT2D eigenvalue weighted by atomic mass is 16.5. The fourth-order valence-electron chi connectivity index (χ4n) is 3.16. The van der Waals surface area contributed by atoms with Crippen molar-refractivity contribution < 1.29 is 4.74 Å². The van der Waals surface area contributed by atoms with Crippen LogP contribution in [0.3, 0.4) is 0 Å². The first-order chi connectivity index (χ1) is 9.88. The predicted molar refractivity (Wildman–Crippen MR) is 89.9 cm³/mol. The van der Waals surface area contributed by atoms with Gasteiger partial charge in [0, 0.05) is 6.04 Å². The summed E-state index contributed by atoms with van der Waals surface area (Å²) < 4.78 is 5.99. The van der Waals surface area contributed by atoms with Crippen LogP contribution in [0.1, 0.15) is 64.0 Å². The van der Waals surface area contributed by atoms with E-state index in [4.69, 9.17) is 10.5 Å². The maximum Gasteiger partial charge on any atom is 0.122 e. The summed E-state index contributed by atoms with van der Waals surface area (Å²) in [5, 5.41) is 0. The lowest BCUT2D eigenvalue weighted by Gasteiger charge is -2.27. The number of nitrogens with two attached hydrogens (primary N) is 1. The van der Waals surface area contributed by atoms with E-state index in [1.807, 2.05) is 0 Å². The SMILES string of the molecule is Cc1cc(C(C)(C)C)ccc1OCC(N)C1CCCCC1. The summed E-state index contributed by atoms with van der Waals surface area (Å²) in [5.41, 5.74) is 9.06. The van der Waals surface area contributed by atoms with E-state index in [0.29, 0.717) is 12.5 Å². The first-order valence-electron chi connectivity index (χ1n) is 8.37. The second-order valence-electron chi connectivity index (χ2n) is 7.60. The Balaban J connectivity index is 1.93. The highest BCUT2D eigenvalue weighted by molar-refractivity contribution is 5.38. The van der Waals surface area contributed by atoms with E-state index < -0.39 is 0 Å². The number of hydrogen-bond donors (Lipinski definition) is 1. The Labute approximate surface area is 130 Å². The molecule has 1 unspecified atom stereocenters. The molecule has 2 rings (SSSR count). The summed E-state index contributed by atoms with van der Waals surface area (Å²) in [4.78, 5) is 0. The molecule has 0 aromatic heterocycles. The Bertz CT molecular complexity index is 455. The molecule has 0 radical (unpaired) electrons. The summed E-state index contributed by atoms with van der Waals surface area (Å²) in [6, 6.07) is 6.69. The molecule has 2 heteroatoms. The molecule has 0 heterocycles. The number of aryl methyl sites for hydroxylation is 1. The normalized spacial score (nSPS) is 18.5. The maximum atomic E-state index is 6.32. The van der Waals surface area contributed by atoms with E-state index in [2.05, 4.69) is 45.9 Å². The maximum absolute atomic E-state index is 6.32. The van der Waals surface area contributed by atoms with Crippen molar-refractivity contribution in [3.8, 4) is 5.75 Å². The molecule has 1 aliphatic rings. The van der Waals surface area contributed by atoms with Crippen molar-refractivity contribution in [2.75, 3.05) is 6.61 Å². The Morgan fingerprint density at radius 2 is 1.86 bits per heavy atom. The zero-order valence-corrected chi connectivity index (χ0v) is 14.1. The van der Waals surface area contributed by atoms with Crippen LogP contribution in [-0.2, 0) is 5.41 Å². The van der Waals surface area contributed by atoms with E-state index in [9.17, 15) is 0 Å². The Morgan fingerprint density at radius 3 is 2.43 bits per heavy atom. The minimum absolute atomic E-state index is 0.173. The number of benzene rings is 1. The van der Waals surface area contributed by atoms with Gasteiger partial charge in [-0.1, -0.05) is 52.2 Å². The van der Waals surface area contributed by atoms with Crippen molar-refractivity contribution in [3.63, 3.8) is 0 Å². The second kappa shape index (κ2) is 6.83. The highest BCUT2D eigenvalue weighted by Gasteiger charge is 2.21. The first-order valence-corrected chi connectivity index (χ1v) is 8.37. The van der Waals surface area contributed by atoms with Gasteiger partial charge in [-0.05, 0) is 48.3 Å². The van der Waals surface area contributed by atoms with Crippen molar-refractivity contribution >= 4 is 0 Å². The Hall–Kier alpha value is -1.02. The fourth-order valence-corrected chi connectivity index (χ4v) is 3.16. The molecule has 2 N–H and O–H groups in total. The zero-order valence-electron chi connectivity index (χ0n) is 14.1. The van der Waals surface area contributed by atoms with Crippen molar-refractivity contribution in [1.82, 2.24) is 0 Å². The first kappa shape index (κ1) is 16.4. The molecule has 0 spiro atoms. The quantitative estimate of drug-likeness (QED) is 0.880. The van der Waals surface area contributed by atoms with Gasteiger partial charge in [-0.2, -0.15) is 0 Å². The molecule has 2 nitrogen and oxygen atoms in total. The summed E-state index contributed by atoms with van der Waals surface area (Å²) in [7, 11) is 0. The lowest BCUT2D eigenvalue weighted by atomic mass is 9.84. The largest absolute Gasteiger partial charge is 0.492 e. The third-order valence-electron chi connectivity index (χ3n) is 4.73. The predicted octanol–water partition coefficient (Wildman–Crippen LogP) is 4.58. The molecule has 0 bridgehead atoms. The standard InChI is InChI=1S/C19H31NO/c1-14-12-16(19(2,3)4)10-11-18(14)21-13-17(20)15-8-6-5-7-9-15/h10-12,15,17H,5-9,13,20H2,1-4H3. The van der Waals surface area contributed by atoms with Crippen LogP contribution in [-0.4, -0.2) is 12.6 Å². The average molecular weight is 289 g/mol. The summed E-state index contributed by atoms with van der Waals surface area (Å²) >= 11 is 0. The molecular weight excluding hydrogens is 258 g/mol. The summed E-state index contributed by atoms with van der Waals surface area (Å²) in [6.45, 7) is 9.47. The molecule has 1 aromatic rings. The number of ether oxygens (including phenoxy) is 1. The van der Waals surface area contributed by atoms with E-state index in [-0.39, 0.29) is 11.5 Å². The van der Waals surface area contributed by atoms with Gasteiger partial charge >= 0.3 is 0 Å². The van der Waals surface area contributed by atoms with Gasteiger partial charge < -0.3 is 10.5 Å². The lowest BCUT2D eigenvalue weighted by Crippen LogP contribution is -2.37. The van der Waals surface area contributed by atoms with Crippen molar-refractivity contribution in [1.29, 1.82) is 0 Å². The van der Waals surface area contributed by atoms with Gasteiger partial charge in [0.25, 0.3) is 0 Å². The molecule has 1 atom stereocenters. The molecule has 1 aliphatic carbocycles. The Morgan fingerprint density at radius 1 is 1.19 bits per heavy atom. The van der Waals surface area contributed by atoms with Crippen molar-refractivity contribution in [2.24, 2.45) is 11.7 Å². The van der Waals surface area contributed by atoms with Gasteiger partial charge in [-0.15, -0.1) is 0 Å². The number of rotatable bonds is 4. The molecule has 21 heavy (non-hydrogen) atoms. The van der Waals surface area contributed by atoms with Gasteiger partial charge in [-0.3, -0.25) is 0 Å². The second-order valence-corrected chi connectivity index (χ2v) is 7.60. The van der Waals surface area contributed by atoms with E-state index in [1.54, 1.807) is 0 Å². The van der Waals surface area contributed by atoms with Gasteiger partial charge in [0.1, 0.15) is 12.4 Å². The van der Waals surface area contributed by atoms with Crippen LogP contribution in [0.25, 0.3) is 0 Å². The molecule has 118 valence electrons. The van der Waals surface area contributed by atoms with Gasteiger partial charge in [0.05, 0.1) is 0 Å². The topological polar surface area (TPSA) is 35.2 Å². The summed E-state index contributed by atoms with van der Waals surface area (Å²) in [6.07, 6.45) is 6.58. The van der Waals surface area contributed by atoms with Crippen LogP contribution in [0.5, 0.6) is 5.75 Å². The third-order valence-corrected chi connectivity index (χ3v) is 4.73. The van der Waals surface area contributed by atoms with E-state index in [0.717, 1.165) is 5.75 Å². The molecular formula is C19H31NO. The van der Waals surface area contributed by atoms with E-state index >= 15 is 0 Å². The summed E-state index contributed by atoms with van der Waals surface area (Å²) in [5.74, 6) is 1.63. The van der Waals surface area contributed by atoms with Crippen LogP contribution >= 0.6 is 0 Å². The van der Waals surface area contributed by atoms with Gasteiger partial charge in [0.15, 0.2) is 0 Å². The van der Waals surface area contributed by atoms with Crippen LogP contribution in [0.4, 0.5) is 0 Å². The minimum Gasteiger partial charge on any atom is -0.492 e. The van der Waals surface area contributed by atoms with Crippen molar-refractivity contribution in [3.05, 3.63) is 29.3 Å². The molecule has 1 fully saturated rings. The minimum atomic E-state index is 0.173. The Kier molecular flexibility index (Phi) is 5.32. The van der Waals surface area contributed by atoms with Crippen molar-refractivity contribution in [2.45, 2.75) is 71.3 Å². The molecule has 0 amide bonds. The van der Waals surface area contributed by atoms with Crippen LogP contribution in [0.15, 0.2) is 18.2 Å². The molecule has 1 aromatic carbocycles. The monoisotopic (exact) mass is 289 g/mol. The van der Waals surface area contributed by atoms with E-state index in [1.165, 1.54) is 43.2 Å². The zero-order chi connectivity index (χ0) is 15.5. The third kappa shape index (κ3) is 4.47. The van der Waals surface area contributed by atoms with Crippen LogP contribution in [0, 0.1) is 12.8 Å². The number of hydrogen-bond acceptors (Lipinski definition) is 2. The van der Waals surface area contributed by atoms with Crippen LogP contribution < -0.4 is 10.5 Å². The fraction of sp³-hybridized carbons (Fsp3) is 0.684.